The first-order chi connectivity index (χ1) is 13.3. The minimum atomic E-state index is -4.34. The molecule has 0 aliphatic carbocycles. The topological polar surface area (TPSA) is 168 Å². The van der Waals surface area contributed by atoms with Crippen LogP contribution in [0.1, 0.15) is 11.2 Å². The number of aliphatic imine (C=N–C) groups is 1. The van der Waals surface area contributed by atoms with Crippen molar-refractivity contribution in [3.05, 3.63) is 34.1 Å². The zero-order valence-corrected chi connectivity index (χ0v) is 14.4. The second-order valence-electron chi connectivity index (χ2n) is 4.14. The van der Waals surface area contributed by atoms with Crippen molar-refractivity contribution < 1.29 is 28.1 Å². The van der Waals surface area contributed by atoms with Crippen molar-refractivity contribution in [2.45, 2.75) is 0 Å². The summed E-state index contributed by atoms with van der Waals surface area (Å²) in [7, 11) is -4.34. The highest BCUT2D eigenvalue weighted by Gasteiger charge is 2.16. The highest BCUT2D eigenvalue weighted by atomic mass is 79.9. The average Bonchev–Trinajstić information content (AvgIpc) is 3.05. The van der Waals surface area contributed by atoms with Gasteiger partial charge in [-0.05, 0) is 44.4 Å². The molecule has 0 atom stereocenters. The van der Waals surface area contributed by atoms with Crippen molar-refractivity contribution in [3.63, 3.8) is 0 Å². The van der Waals surface area contributed by atoms with Crippen molar-refractivity contribution in [2.75, 3.05) is 18.4 Å². The Kier molecular flexibility index (Phi) is 4.68. The molecule has 1 aromatic carbocycles. The fraction of sp³-hybridized carbons (Fsp3) is 0.182. The molecule has 0 bridgehead atoms. The van der Waals surface area contributed by atoms with Crippen molar-refractivity contribution in [2.24, 2.45) is 10.1 Å². The number of hydrogen-bond acceptors (Lipinski definition) is 8. The van der Waals surface area contributed by atoms with Gasteiger partial charge in [0.25, 0.3) is 10.2 Å². The van der Waals surface area contributed by atoms with Gasteiger partial charge in [-0.1, -0.05) is 0 Å². The molecule has 0 aliphatic heterocycles. The second-order valence-corrected chi connectivity index (χ2v) is 6.22. The number of halogens is 2. The van der Waals surface area contributed by atoms with Crippen LogP contribution < -0.4 is 20.7 Å². The third-order valence-electron chi connectivity index (χ3n) is 2.37. The first kappa shape index (κ1) is 14.1. The van der Waals surface area contributed by atoms with Crippen molar-refractivity contribution in [1.29, 1.82) is 0 Å². The molecule has 6 N–H and O–H groups in total. The summed E-state index contributed by atoms with van der Waals surface area (Å²) in [6.07, 6.45) is 0. The predicted molar refractivity (Wildman–Crippen MR) is 89.1 cm³/mol. The largest absolute Gasteiger partial charge is 0.364 e. The highest BCUT2D eigenvalue weighted by molar-refractivity contribution is 9.10. The number of nitrogens with zero attached hydrogens (tertiary/aromatic N) is 3. The molecule has 0 spiro atoms. The van der Waals surface area contributed by atoms with E-state index in [0.717, 1.165) is 6.07 Å². The summed E-state index contributed by atoms with van der Waals surface area (Å²) in [5.41, 5.74) is 1.02. The van der Waals surface area contributed by atoms with Gasteiger partial charge >= 0.3 is 0 Å². The van der Waals surface area contributed by atoms with Gasteiger partial charge < -0.3 is 5.32 Å². The molecular formula is C11H13BrFN7O4S. The number of nitrogens with two attached hydrogens (primary N) is 1. The Labute approximate surface area is 155 Å². The molecule has 14 heteroatoms. The van der Waals surface area contributed by atoms with Gasteiger partial charge in [0.1, 0.15) is 5.82 Å². The fourth-order valence-electron chi connectivity index (χ4n) is 1.42. The van der Waals surface area contributed by atoms with Crippen LogP contribution in [-0.4, -0.2) is 42.8 Å². The van der Waals surface area contributed by atoms with Crippen LogP contribution in [-0.2, 0) is 10.2 Å². The quantitative estimate of drug-likeness (QED) is 0.231. The van der Waals surface area contributed by atoms with E-state index in [-0.39, 0.29) is 21.7 Å². The minimum Gasteiger partial charge on any atom is -0.364 e. The molecule has 136 valence electrons. The van der Waals surface area contributed by atoms with Crippen molar-refractivity contribution in [3.8, 4) is 0 Å². The van der Waals surface area contributed by atoms with Crippen LogP contribution in [0.3, 0.4) is 0 Å². The molecule has 2 aromatic rings. The molecule has 0 amide bonds. The zero-order chi connectivity index (χ0) is 22.0. The monoisotopic (exact) mass is 441 g/mol. The SMILES string of the molecule is [2H]c1cc(F)c(Br)c([2H])c1N=C(NO)c1nonc1NCC([2H])([2H])NS(N)(=O)=O. The molecule has 11 nitrogen and oxygen atoms in total. The van der Waals surface area contributed by atoms with E-state index in [1.165, 1.54) is 0 Å². The second kappa shape index (κ2) is 8.30. The lowest BCUT2D eigenvalue weighted by Gasteiger charge is -2.06. The van der Waals surface area contributed by atoms with E-state index in [9.17, 15) is 18.0 Å². The normalized spacial score (nSPS) is 15.1. The lowest BCUT2D eigenvalue weighted by atomic mass is 10.3. The number of anilines is 1. The van der Waals surface area contributed by atoms with E-state index in [2.05, 4.69) is 41.2 Å². The Balaban J connectivity index is 2.35. The van der Waals surface area contributed by atoms with Crippen LogP contribution >= 0.6 is 15.9 Å². The molecule has 0 saturated heterocycles. The molecule has 0 fully saturated rings. The summed E-state index contributed by atoms with van der Waals surface area (Å²) in [5, 5.41) is 23.4. The van der Waals surface area contributed by atoms with Gasteiger partial charge in [-0.15, -0.1) is 0 Å². The number of hydroxylamine groups is 1. The highest BCUT2D eigenvalue weighted by Crippen LogP contribution is 2.23. The summed E-state index contributed by atoms with van der Waals surface area (Å²) in [6, 6.07) is -0.158. The number of hydrogen-bond donors (Lipinski definition) is 5. The predicted octanol–water partition coefficient (Wildman–Crippen LogP) is 0.233. The van der Waals surface area contributed by atoms with Crippen LogP contribution in [0.4, 0.5) is 15.9 Å². The molecule has 0 aliphatic rings. The maximum Gasteiger partial charge on any atom is 0.274 e. The Morgan fingerprint density at radius 3 is 3.04 bits per heavy atom. The van der Waals surface area contributed by atoms with E-state index < -0.39 is 47.0 Å². The fourth-order valence-corrected chi connectivity index (χ4v) is 2.00. The van der Waals surface area contributed by atoms with E-state index >= 15 is 0 Å². The summed E-state index contributed by atoms with van der Waals surface area (Å²) in [6.45, 7) is -3.21. The Morgan fingerprint density at radius 1 is 1.60 bits per heavy atom. The van der Waals surface area contributed by atoms with E-state index in [4.69, 9.17) is 10.6 Å². The van der Waals surface area contributed by atoms with Crippen LogP contribution in [0.2, 0.25) is 0 Å². The number of benzene rings is 1. The maximum atomic E-state index is 13.6. The summed E-state index contributed by atoms with van der Waals surface area (Å²) >= 11 is 2.85. The molecule has 25 heavy (non-hydrogen) atoms. The third kappa shape index (κ3) is 5.71. The molecule has 2 rings (SSSR count). The van der Waals surface area contributed by atoms with E-state index in [1.807, 2.05) is 0 Å². The molecule has 0 radical (unpaired) electrons. The third-order valence-corrected chi connectivity index (χ3v) is 3.38. The van der Waals surface area contributed by atoms with Crippen LogP contribution in [0, 0.1) is 5.82 Å². The minimum absolute atomic E-state index is 0.261. The first-order valence-electron chi connectivity index (χ1n) is 8.17. The molecule has 1 heterocycles. The first-order valence-corrected chi connectivity index (χ1v) is 8.51. The van der Waals surface area contributed by atoms with Gasteiger partial charge in [0, 0.05) is 15.8 Å². The number of rotatable bonds is 7. The Hall–Kier alpha value is -2.13. The van der Waals surface area contributed by atoms with E-state index in [1.54, 1.807) is 10.2 Å². The smallest absolute Gasteiger partial charge is 0.274 e. The molecule has 0 unspecified atom stereocenters. The average molecular weight is 442 g/mol. The lowest BCUT2D eigenvalue weighted by Crippen LogP contribution is -2.34. The number of amidine groups is 1. The van der Waals surface area contributed by atoms with Gasteiger partial charge in [0.05, 0.1) is 12.9 Å². The van der Waals surface area contributed by atoms with Crippen molar-refractivity contribution in [1.82, 2.24) is 20.5 Å². The van der Waals surface area contributed by atoms with Gasteiger partial charge in [-0.2, -0.15) is 8.42 Å². The summed E-state index contributed by atoms with van der Waals surface area (Å²) in [4.78, 5) is 3.84. The van der Waals surface area contributed by atoms with Gasteiger partial charge in [-0.3, -0.25) is 10.7 Å². The summed E-state index contributed by atoms with van der Waals surface area (Å²) < 4.78 is 72.0. The standard InChI is InChI=1S/C11H13BrFN7O4S/c12-7-5-6(1-2-8(7)13)17-11(18-21)9-10(20-24-19-9)15-3-4-16-25(14,22)23/h1-2,5,16,21H,3-4H2,(H,15,20)(H,17,18)(H2,14,22,23)/i1D,4D2,5D. The maximum absolute atomic E-state index is 13.6. The van der Waals surface area contributed by atoms with Crippen LogP contribution in [0.15, 0.2) is 32.2 Å². The zero-order valence-electron chi connectivity index (χ0n) is 16.0. The Bertz CT molecular complexity index is 1050. The molecule has 0 saturated carbocycles. The van der Waals surface area contributed by atoms with Crippen LogP contribution in [0.5, 0.6) is 0 Å². The molecular weight excluding hydrogens is 425 g/mol. The van der Waals surface area contributed by atoms with Crippen molar-refractivity contribution >= 4 is 43.5 Å². The summed E-state index contributed by atoms with van der Waals surface area (Å²) in [5.74, 6) is -1.61. The van der Waals surface area contributed by atoms with Gasteiger partial charge in [0.2, 0.25) is 5.82 Å². The lowest BCUT2D eigenvalue weighted by molar-refractivity contribution is 0.234. The van der Waals surface area contributed by atoms with Gasteiger partial charge in [0.15, 0.2) is 11.5 Å². The Morgan fingerprint density at radius 2 is 2.36 bits per heavy atom. The number of nitrogens with one attached hydrogen (secondary N) is 3. The number of aromatic nitrogens is 2. The van der Waals surface area contributed by atoms with Gasteiger partial charge in [-0.25, -0.2) is 23.9 Å². The molecule has 1 aromatic heterocycles. The van der Waals surface area contributed by atoms with E-state index in [0.29, 0.717) is 0 Å². The van der Waals surface area contributed by atoms with Crippen LogP contribution in [0.25, 0.3) is 0 Å².